The zero-order chi connectivity index (χ0) is 20.4. The number of aliphatic hydroxyl groups excluding tert-OH is 1. The van der Waals surface area contributed by atoms with Crippen molar-refractivity contribution in [1.82, 2.24) is 4.90 Å². The van der Waals surface area contributed by atoms with Gasteiger partial charge < -0.3 is 24.2 Å². The molecule has 0 aromatic carbocycles. The number of nitrogens with zero attached hydrogens (tertiary/aromatic N) is 1. The maximum absolute atomic E-state index is 12.7. The van der Waals surface area contributed by atoms with Crippen LogP contribution >= 0.6 is 0 Å². The van der Waals surface area contributed by atoms with Crippen molar-refractivity contribution in [2.45, 2.75) is 65.2 Å². The standard InChI is InChI=1S/C19H31NO7/c1-11(21)25-9-13-8-14(10-26-12(2)22)16-17(23)15(13)6-7-20(16)18(24)27-19(3,4)5/h13-17,23H,6-10H2,1-5H3/t13-,14+,15-,16+,17-/m1/s1. The second-order valence-electron chi connectivity index (χ2n) is 8.47. The predicted octanol–water partition coefficient (Wildman–Crippen LogP) is 1.74. The number of fused-ring (bicyclic) bond motifs is 2. The van der Waals surface area contributed by atoms with Crippen LogP contribution in [-0.4, -0.2) is 65.5 Å². The van der Waals surface area contributed by atoms with Gasteiger partial charge in [0, 0.05) is 26.3 Å². The van der Waals surface area contributed by atoms with Gasteiger partial charge in [0.05, 0.1) is 25.4 Å². The van der Waals surface area contributed by atoms with Crippen molar-refractivity contribution in [3.8, 4) is 0 Å². The van der Waals surface area contributed by atoms with Crippen molar-refractivity contribution in [2.24, 2.45) is 17.8 Å². The van der Waals surface area contributed by atoms with Gasteiger partial charge in [-0.2, -0.15) is 0 Å². The molecule has 0 aromatic rings. The van der Waals surface area contributed by atoms with Crippen LogP contribution in [-0.2, 0) is 23.8 Å². The van der Waals surface area contributed by atoms with Crippen LogP contribution in [0.1, 0.15) is 47.5 Å². The Balaban J connectivity index is 2.20. The SMILES string of the molecule is CC(=O)OC[C@H]1C[C@@H](COC(C)=O)[C@H]2[C@H](O)[C@@H]1CCN2C(=O)OC(C)(C)C. The molecule has 8 heteroatoms. The summed E-state index contributed by atoms with van der Waals surface area (Å²) >= 11 is 0. The highest BCUT2D eigenvalue weighted by Crippen LogP contribution is 2.43. The zero-order valence-corrected chi connectivity index (χ0v) is 16.8. The summed E-state index contributed by atoms with van der Waals surface area (Å²) in [4.78, 5) is 36.7. The van der Waals surface area contributed by atoms with E-state index in [9.17, 15) is 19.5 Å². The Morgan fingerprint density at radius 1 is 1.04 bits per heavy atom. The minimum absolute atomic E-state index is 0.0403. The van der Waals surface area contributed by atoms with Gasteiger partial charge in [-0.1, -0.05) is 0 Å². The van der Waals surface area contributed by atoms with Crippen molar-refractivity contribution < 1.29 is 33.7 Å². The highest BCUT2D eigenvalue weighted by Gasteiger charge is 2.51. The molecular weight excluding hydrogens is 354 g/mol. The van der Waals surface area contributed by atoms with Gasteiger partial charge >= 0.3 is 18.0 Å². The molecule has 1 saturated heterocycles. The summed E-state index contributed by atoms with van der Waals surface area (Å²) < 4.78 is 15.9. The molecule has 2 rings (SSSR count). The van der Waals surface area contributed by atoms with Gasteiger partial charge in [-0.05, 0) is 45.4 Å². The molecule has 154 valence electrons. The van der Waals surface area contributed by atoms with Gasteiger partial charge in [-0.15, -0.1) is 0 Å². The van der Waals surface area contributed by atoms with Gasteiger partial charge in [-0.3, -0.25) is 9.59 Å². The molecule has 1 amide bonds. The normalized spacial score (nSPS) is 30.4. The van der Waals surface area contributed by atoms with Crippen molar-refractivity contribution in [3.05, 3.63) is 0 Å². The van der Waals surface area contributed by atoms with Crippen molar-refractivity contribution in [1.29, 1.82) is 0 Å². The molecule has 0 radical (unpaired) electrons. The lowest BCUT2D eigenvalue weighted by Crippen LogP contribution is -2.64. The first-order chi connectivity index (χ1) is 12.5. The topological polar surface area (TPSA) is 102 Å². The van der Waals surface area contributed by atoms with E-state index in [1.54, 1.807) is 25.7 Å². The van der Waals surface area contributed by atoms with E-state index in [0.717, 1.165) is 0 Å². The third-order valence-electron chi connectivity index (χ3n) is 5.18. The number of piperidine rings is 1. The van der Waals surface area contributed by atoms with Crippen LogP contribution in [0.15, 0.2) is 0 Å². The average molecular weight is 385 g/mol. The molecule has 2 bridgehead atoms. The quantitative estimate of drug-likeness (QED) is 0.581. The summed E-state index contributed by atoms with van der Waals surface area (Å²) in [5.74, 6) is -1.16. The van der Waals surface area contributed by atoms with Crippen LogP contribution < -0.4 is 0 Å². The largest absolute Gasteiger partial charge is 0.466 e. The number of carbonyl (C=O) groups excluding carboxylic acids is 3. The molecule has 0 unspecified atom stereocenters. The fourth-order valence-electron chi connectivity index (χ4n) is 4.14. The predicted molar refractivity (Wildman–Crippen MR) is 95.7 cm³/mol. The highest BCUT2D eigenvalue weighted by atomic mass is 16.6. The van der Waals surface area contributed by atoms with Gasteiger partial charge in [0.25, 0.3) is 0 Å². The van der Waals surface area contributed by atoms with Crippen molar-refractivity contribution in [2.75, 3.05) is 19.8 Å². The third-order valence-corrected chi connectivity index (χ3v) is 5.18. The molecule has 2 aliphatic rings. The van der Waals surface area contributed by atoms with Crippen molar-refractivity contribution >= 4 is 18.0 Å². The fraction of sp³-hybridized carbons (Fsp3) is 0.842. The molecule has 1 N–H and O–H groups in total. The number of hydrogen-bond donors (Lipinski definition) is 1. The Hall–Kier alpha value is -1.83. The molecular formula is C19H31NO7. The molecule has 1 heterocycles. The van der Waals surface area contributed by atoms with E-state index >= 15 is 0 Å². The van der Waals surface area contributed by atoms with Crippen LogP contribution in [0.5, 0.6) is 0 Å². The van der Waals surface area contributed by atoms with E-state index in [4.69, 9.17) is 14.2 Å². The smallest absolute Gasteiger partial charge is 0.410 e. The molecule has 0 aromatic heterocycles. The first kappa shape index (κ1) is 21.5. The third kappa shape index (κ3) is 5.57. The van der Waals surface area contributed by atoms with E-state index in [0.29, 0.717) is 19.4 Å². The van der Waals surface area contributed by atoms with E-state index in [1.165, 1.54) is 13.8 Å². The maximum Gasteiger partial charge on any atom is 0.410 e. The molecule has 1 saturated carbocycles. The molecule has 8 nitrogen and oxygen atoms in total. The van der Waals surface area contributed by atoms with Gasteiger partial charge in [-0.25, -0.2) is 4.79 Å². The maximum atomic E-state index is 12.7. The van der Waals surface area contributed by atoms with E-state index < -0.39 is 29.8 Å². The first-order valence-corrected chi connectivity index (χ1v) is 9.44. The summed E-state index contributed by atoms with van der Waals surface area (Å²) in [6.45, 7) is 8.80. The molecule has 1 aliphatic heterocycles. The van der Waals surface area contributed by atoms with Gasteiger partial charge in [0.1, 0.15) is 5.60 Å². The minimum atomic E-state index is -0.791. The lowest BCUT2D eigenvalue weighted by Gasteiger charge is -2.52. The summed E-state index contributed by atoms with van der Waals surface area (Å²) in [6.07, 6.45) is -0.0764. The van der Waals surface area contributed by atoms with Gasteiger partial charge in [0.2, 0.25) is 0 Å². The minimum Gasteiger partial charge on any atom is -0.466 e. The number of aliphatic hydroxyl groups is 1. The van der Waals surface area contributed by atoms with E-state index in [1.807, 2.05) is 0 Å². The number of esters is 2. The number of hydrogen-bond acceptors (Lipinski definition) is 7. The Morgan fingerprint density at radius 2 is 1.59 bits per heavy atom. The summed E-state index contributed by atoms with van der Waals surface area (Å²) in [7, 11) is 0. The Labute approximate surface area is 160 Å². The van der Waals surface area contributed by atoms with Gasteiger partial charge in [0.15, 0.2) is 0 Å². The number of likely N-dealkylation sites (tertiary alicyclic amines) is 1. The average Bonchev–Trinajstić information content (AvgIpc) is 2.50. The summed E-state index contributed by atoms with van der Waals surface area (Å²) in [5.41, 5.74) is -0.642. The highest BCUT2D eigenvalue weighted by molar-refractivity contribution is 5.69. The first-order valence-electron chi connectivity index (χ1n) is 9.44. The van der Waals surface area contributed by atoms with Crippen LogP contribution in [0.4, 0.5) is 4.79 Å². The van der Waals surface area contributed by atoms with E-state index in [2.05, 4.69) is 0 Å². The Morgan fingerprint density at radius 3 is 2.11 bits per heavy atom. The van der Waals surface area contributed by atoms with Crippen LogP contribution in [0.2, 0.25) is 0 Å². The molecule has 0 spiro atoms. The molecule has 1 aliphatic carbocycles. The lowest BCUT2D eigenvalue weighted by molar-refractivity contribution is -0.157. The second-order valence-corrected chi connectivity index (χ2v) is 8.47. The number of ether oxygens (including phenoxy) is 3. The summed E-state index contributed by atoms with van der Waals surface area (Å²) in [5, 5.41) is 10.9. The lowest BCUT2D eigenvalue weighted by atomic mass is 9.66. The molecule has 27 heavy (non-hydrogen) atoms. The number of rotatable bonds is 4. The van der Waals surface area contributed by atoms with Crippen LogP contribution in [0.25, 0.3) is 0 Å². The molecule has 5 atom stereocenters. The Kier molecular flexibility index (Phi) is 6.72. The summed E-state index contributed by atoms with van der Waals surface area (Å²) in [6, 6.07) is -0.494. The van der Waals surface area contributed by atoms with Crippen LogP contribution in [0, 0.1) is 17.8 Å². The van der Waals surface area contributed by atoms with Crippen LogP contribution in [0.3, 0.4) is 0 Å². The Bertz CT molecular complexity index is 571. The second kappa shape index (κ2) is 8.46. The number of amides is 1. The fourth-order valence-corrected chi connectivity index (χ4v) is 4.14. The van der Waals surface area contributed by atoms with E-state index in [-0.39, 0.29) is 36.9 Å². The number of carbonyl (C=O) groups is 3. The zero-order valence-electron chi connectivity index (χ0n) is 16.8. The molecule has 2 fully saturated rings. The van der Waals surface area contributed by atoms with Crippen molar-refractivity contribution in [3.63, 3.8) is 0 Å². The monoisotopic (exact) mass is 385 g/mol.